The molecule has 0 fully saturated rings. The van der Waals surface area contributed by atoms with Crippen molar-refractivity contribution in [2.45, 2.75) is 13.5 Å². The molecule has 0 atom stereocenters. The van der Waals surface area contributed by atoms with E-state index in [-0.39, 0.29) is 18.4 Å². The van der Waals surface area contributed by atoms with Crippen LogP contribution in [0.15, 0.2) is 48.5 Å². The van der Waals surface area contributed by atoms with Gasteiger partial charge >= 0.3 is 6.03 Å². The summed E-state index contributed by atoms with van der Waals surface area (Å²) in [5, 5.41) is 5.25. The number of urea groups is 1. The molecule has 0 aliphatic carbocycles. The summed E-state index contributed by atoms with van der Waals surface area (Å²) < 4.78 is 24.3. The molecule has 2 N–H and O–H groups in total. The van der Waals surface area contributed by atoms with Crippen molar-refractivity contribution in [3.8, 4) is 11.5 Å². The first-order valence-electron chi connectivity index (χ1n) is 7.80. The topological polar surface area (TPSA) is 59.6 Å². The molecule has 0 aliphatic rings. The van der Waals surface area contributed by atoms with E-state index in [1.165, 1.54) is 6.07 Å². The van der Waals surface area contributed by atoms with E-state index in [2.05, 4.69) is 10.6 Å². The van der Waals surface area contributed by atoms with Gasteiger partial charge in [-0.3, -0.25) is 0 Å². The molecule has 2 aromatic rings. The first-order valence-corrected chi connectivity index (χ1v) is 7.80. The SMILES string of the molecule is CCOc1cccc(OCCNC(=O)NCc2ccccc2F)c1. The van der Waals surface area contributed by atoms with Gasteiger partial charge in [-0.25, -0.2) is 9.18 Å². The van der Waals surface area contributed by atoms with E-state index >= 15 is 0 Å². The lowest BCUT2D eigenvalue weighted by Crippen LogP contribution is -2.37. The van der Waals surface area contributed by atoms with Crippen LogP contribution >= 0.6 is 0 Å². The van der Waals surface area contributed by atoms with Gasteiger partial charge in [0.25, 0.3) is 0 Å². The minimum atomic E-state index is -0.370. The summed E-state index contributed by atoms with van der Waals surface area (Å²) in [6.07, 6.45) is 0. The van der Waals surface area contributed by atoms with Crippen LogP contribution in [-0.4, -0.2) is 25.8 Å². The molecule has 24 heavy (non-hydrogen) atoms. The third-order valence-corrected chi connectivity index (χ3v) is 3.17. The molecular weight excluding hydrogens is 311 g/mol. The molecule has 2 rings (SSSR count). The Morgan fingerprint density at radius 1 is 1.04 bits per heavy atom. The van der Waals surface area contributed by atoms with Gasteiger partial charge in [-0.15, -0.1) is 0 Å². The van der Waals surface area contributed by atoms with Crippen molar-refractivity contribution < 1.29 is 18.7 Å². The zero-order valence-electron chi connectivity index (χ0n) is 13.5. The maximum absolute atomic E-state index is 13.4. The number of hydrogen-bond acceptors (Lipinski definition) is 3. The van der Waals surface area contributed by atoms with Gasteiger partial charge in [0.2, 0.25) is 0 Å². The van der Waals surface area contributed by atoms with E-state index in [4.69, 9.17) is 9.47 Å². The molecule has 0 unspecified atom stereocenters. The number of carbonyl (C=O) groups excluding carboxylic acids is 1. The second kappa shape index (κ2) is 9.39. The molecule has 0 aliphatic heterocycles. The van der Waals surface area contributed by atoms with Crippen LogP contribution in [0.1, 0.15) is 12.5 Å². The Kier molecular flexibility index (Phi) is 6.89. The summed E-state index contributed by atoms with van der Waals surface area (Å²) in [5.41, 5.74) is 0.441. The Hall–Kier alpha value is -2.76. The first kappa shape index (κ1) is 17.6. The number of rotatable bonds is 8. The average Bonchev–Trinajstić information content (AvgIpc) is 2.59. The van der Waals surface area contributed by atoms with Crippen LogP contribution in [0.5, 0.6) is 11.5 Å². The molecule has 5 nitrogen and oxygen atoms in total. The molecule has 0 spiro atoms. The van der Waals surface area contributed by atoms with Crippen molar-refractivity contribution in [2.24, 2.45) is 0 Å². The molecule has 0 radical (unpaired) electrons. The Morgan fingerprint density at radius 3 is 2.54 bits per heavy atom. The molecule has 0 saturated heterocycles. The summed E-state index contributed by atoms with van der Waals surface area (Å²) in [6, 6.07) is 13.3. The van der Waals surface area contributed by atoms with Crippen molar-refractivity contribution in [3.63, 3.8) is 0 Å². The fourth-order valence-electron chi connectivity index (χ4n) is 2.03. The fraction of sp³-hybridized carbons (Fsp3) is 0.278. The van der Waals surface area contributed by atoms with E-state index in [9.17, 15) is 9.18 Å². The highest BCUT2D eigenvalue weighted by Crippen LogP contribution is 2.19. The Labute approximate surface area is 140 Å². The quantitative estimate of drug-likeness (QED) is 0.730. The van der Waals surface area contributed by atoms with E-state index < -0.39 is 0 Å². The maximum Gasteiger partial charge on any atom is 0.315 e. The number of ether oxygens (including phenoxy) is 2. The van der Waals surface area contributed by atoms with Gasteiger partial charge in [0.1, 0.15) is 23.9 Å². The molecular formula is C18H21FN2O3. The maximum atomic E-state index is 13.4. The van der Waals surface area contributed by atoms with E-state index in [1.807, 2.05) is 25.1 Å². The highest BCUT2D eigenvalue weighted by atomic mass is 19.1. The van der Waals surface area contributed by atoms with Crippen LogP contribution in [0.4, 0.5) is 9.18 Å². The van der Waals surface area contributed by atoms with Crippen molar-refractivity contribution in [1.82, 2.24) is 10.6 Å². The summed E-state index contributed by atoms with van der Waals surface area (Å²) in [6.45, 7) is 3.30. The van der Waals surface area contributed by atoms with Gasteiger partial charge in [0.15, 0.2) is 0 Å². The van der Waals surface area contributed by atoms with Crippen LogP contribution in [0.25, 0.3) is 0 Å². The molecule has 0 aromatic heterocycles. The Balaban J connectivity index is 1.66. The lowest BCUT2D eigenvalue weighted by atomic mass is 10.2. The number of carbonyl (C=O) groups is 1. The van der Waals surface area contributed by atoms with Crippen LogP contribution in [0.3, 0.4) is 0 Å². The molecule has 6 heteroatoms. The fourth-order valence-corrected chi connectivity index (χ4v) is 2.03. The van der Waals surface area contributed by atoms with Crippen molar-refractivity contribution in [2.75, 3.05) is 19.8 Å². The van der Waals surface area contributed by atoms with Crippen LogP contribution in [-0.2, 0) is 6.54 Å². The molecule has 2 aromatic carbocycles. The van der Waals surface area contributed by atoms with Gasteiger partial charge in [-0.1, -0.05) is 24.3 Å². The zero-order chi connectivity index (χ0) is 17.2. The van der Waals surface area contributed by atoms with Crippen molar-refractivity contribution in [3.05, 3.63) is 59.9 Å². The molecule has 2 amide bonds. The molecule has 0 saturated carbocycles. The lowest BCUT2D eigenvalue weighted by molar-refractivity contribution is 0.236. The van der Waals surface area contributed by atoms with Crippen molar-refractivity contribution >= 4 is 6.03 Å². The number of hydrogen-bond donors (Lipinski definition) is 2. The summed E-state index contributed by atoms with van der Waals surface area (Å²) >= 11 is 0. The molecule has 0 heterocycles. The number of nitrogens with one attached hydrogen (secondary N) is 2. The number of benzene rings is 2. The van der Waals surface area contributed by atoms with Gasteiger partial charge in [-0.05, 0) is 25.1 Å². The third kappa shape index (κ3) is 5.79. The van der Waals surface area contributed by atoms with E-state index in [0.29, 0.717) is 31.1 Å². The predicted octanol–water partition coefficient (Wildman–Crippen LogP) is 3.10. The third-order valence-electron chi connectivity index (χ3n) is 3.17. The van der Waals surface area contributed by atoms with Crippen molar-refractivity contribution in [1.29, 1.82) is 0 Å². The average molecular weight is 332 g/mol. The summed E-state index contributed by atoms with van der Waals surface area (Å²) in [7, 11) is 0. The largest absolute Gasteiger partial charge is 0.494 e. The minimum absolute atomic E-state index is 0.135. The Bertz CT molecular complexity index is 664. The van der Waals surface area contributed by atoms with Gasteiger partial charge in [-0.2, -0.15) is 0 Å². The monoisotopic (exact) mass is 332 g/mol. The highest BCUT2D eigenvalue weighted by Gasteiger charge is 2.04. The van der Waals surface area contributed by atoms with Gasteiger partial charge < -0.3 is 20.1 Å². The van der Waals surface area contributed by atoms with Crippen LogP contribution in [0.2, 0.25) is 0 Å². The molecule has 128 valence electrons. The summed E-state index contributed by atoms with van der Waals surface area (Å²) in [4.78, 5) is 11.7. The Morgan fingerprint density at radius 2 is 1.79 bits per heavy atom. The van der Waals surface area contributed by atoms with Crippen LogP contribution < -0.4 is 20.1 Å². The smallest absolute Gasteiger partial charge is 0.315 e. The second-order valence-electron chi connectivity index (χ2n) is 4.96. The molecule has 0 bridgehead atoms. The minimum Gasteiger partial charge on any atom is -0.494 e. The van der Waals surface area contributed by atoms with E-state index in [1.54, 1.807) is 24.3 Å². The number of amides is 2. The van der Waals surface area contributed by atoms with Crippen LogP contribution in [0, 0.1) is 5.82 Å². The van der Waals surface area contributed by atoms with E-state index in [0.717, 1.165) is 5.75 Å². The first-order chi connectivity index (χ1) is 11.7. The summed E-state index contributed by atoms with van der Waals surface area (Å²) in [5.74, 6) is 1.08. The lowest BCUT2D eigenvalue weighted by Gasteiger charge is -2.10. The highest BCUT2D eigenvalue weighted by molar-refractivity contribution is 5.73. The second-order valence-corrected chi connectivity index (χ2v) is 4.96. The standard InChI is InChI=1S/C18H21FN2O3/c1-2-23-15-7-5-8-16(12-15)24-11-10-20-18(22)21-13-14-6-3-4-9-17(14)19/h3-9,12H,2,10-11,13H2,1H3,(H2,20,21,22). The zero-order valence-corrected chi connectivity index (χ0v) is 13.5. The van der Waals surface area contributed by atoms with Gasteiger partial charge in [0, 0.05) is 18.2 Å². The number of halogens is 1. The normalized spacial score (nSPS) is 10.1. The van der Waals surface area contributed by atoms with Gasteiger partial charge in [0.05, 0.1) is 13.2 Å². The predicted molar refractivity (Wildman–Crippen MR) is 89.7 cm³/mol.